The first kappa shape index (κ1) is 15.9. The van der Waals surface area contributed by atoms with Gasteiger partial charge in [0.25, 0.3) is 0 Å². The number of halogens is 1. The van der Waals surface area contributed by atoms with Gasteiger partial charge >= 0.3 is 0 Å². The Morgan fingerprint density at radius 1 is 0.960 bits per heavy atom. The van der Waals surface area contributed by atoms with Crippen LogP contribution in [0.5, 0.6) is 5.75 Å². The number of rotatable bonds is 4. The highest BCUT2D eigenvalue weighted by atomic mass is 19.1. The predicted molar refractivity (Wildman–Crippen MR) is 99.3 cm³/mol. The maximum absolute atomic E-state index is 13.8. The maximum atomic E-state index is 13.8. The number of likely N-dealkylation sites (N-methyl/N-ethyl adjacent to an activating group) is 1. The highest BCUT2D eigenvalue weighted by Gasteiger charge is 2.26. The lowest BCUT2D eigenvalue weighted by molar-refractivity contribution is 0.232. The zero-order chi connectivity index (χ0) is 17.2. The second-order valence-corrected chi connectivity index (χ2v) is 6.39. The average Bonchev–Trinajstić information content (AvgIpc) is 3.04. The molecule has 2 nitrogen and oxygen atoms in total. The average molecular weight is 333 g/mol. The Morgan fingerprint density at radius 2 is 1.76 bits per heavy atom. The highest BCUT2D eigenvalue weighted by Crippen LogP contribution is 2.42. The molecule has 3 aromatic carbocycles. The summed E-state index contributed by atoms with van der Waals surface area (Å²) in [4.78, 5) is 0. The van der Waals surface area contributed by atoms with Gasteiger partial charge in [-0.15, -0.1) is 0 Å². The molecule has 1 N–H and O–H groups in total. The summed E-state index contributed by atoms with van der Waals surface area (Å²) in [5.41, 5.74) is 5.27. The monoisotopic (exact) mass is 333 g/mol. The molecule has 0 amide bonds. The number of nitrogens with one attached hydrogen (secondary N) is 1. The van der Waals surface area contributed by atoms with Crippen molar-refractivity contribution < 1.29 is 9.13 Å². The van der Waals surface area contributed by atoms with Gasteiger partial charge in [0.05, 0.1) is 0 Å². The highest BCUT2D eigenvalue weighted by molar-refractivity contribution is 5.80. The van der Waals surface area contributed by atoms with E-state index in [0.29, 0.717) is 0 Å². The molecule has 0 saturated carbocycles. The molecule has 0 aromatic heterocycles. The van der Waals surface area contributed by atoms with Gasteiger partial charge in [0, 0.05) is 18.5 Å². The standard InChI is InChI=1S/C22H20FNO/c1-24-14-20-12-18-10-17(15-6-3-2-4-7-15)13-21(22(18)25-20)16-8-5-9-19(23)11-16/h2-11,13,20,24H,12,14H2,1H3. The fraction of sp³-hybridized carbons (Fsp3) is 0.182. The minimum Gasteiger partial charge on any atom is -0.488 e. The molecule has 3 aromatic rings. The second kappa shape index (κ2) is 6.69. The van der Waals surface area contributed by atoms with Crippen LogP contribution in [0, 0.1) is 5.82 Å². The molecule has 0 bridgehead atoms. The van der Waals surface area contributed by atoms with Crippen LogP contribution in [0.3, 0.4) is 0 Å². The molecule has 0 saturated heterocycles. The van der Waals surface area contributed by atoms with Crippen LogP contribution in [0.2, 0.25) is 0 Å². The fourth-order valence-corrected chi connectivity index (χ4v) is 3.44. The van der Waals surface area contributed by atoms with Crippen molar-refractivity contribution in [1.82, 2.24) is 5.32 Å². The van der Waals surface area contributed by atoms with Crippen LogP contribution in [0.25, 0.3) is 22.3 Å². The molecule has 0 aliphatic carbocycles. The van der Waals surface area contributed by atoms with Gasteiger partial charge in [-0.2, -0.15) is 0 Å². The number of fused-ring (bicyclic) bond motifs is 1. The Bertz CT molecular complexity index is 892. The zero-order valence-corrected chi connectivity index (χ0v) is 14.1. The Hall–Kier alpha value is -2.65. The van der Waals surface area contributed by atoms with Crippen molar-refractivity contribution in [2.45, 2.75) is 12.5 Å². The number of ether oxygens (including phenoxy) is 1. The largest absolute Gasteiger partial charge is 0.488 e. The molecule has 4 rings (SSSR count). The molecular formula is C22H20FNO. The molecular weight excluding hydrogens is 313 g/mol. The molecule has 1 heterocycles. The number of hydrogen-bond donors (Lipinski definition) is 1. The second-order valence-electron chi connectivity index (χ2n) is 6.39. The molecule has 1 aliphatic heterocycles. The van der Waals surface area contributed by atoms with E-state index in [2.05, 4.69) is 29.6 Å². The molecule has 1 aliphatic rings. The van der Waals surface area contributed by atoms with Gasteiger partial charge in [-0.25, -0.2) is 4.39 Å². The summed E-state index contributed by atoms with van der Waals surface area (Å²) in [7, 11) is 1.93. The first-order chi connectivity index (χ1) is 12.2. The summed E-state index contributed by atoms with van der Waals surface area (Å²) in [6, 6.07) is 21.3. The van der Waals surface area contributed by atoms with Crippen LogP contribution < -0.4 is 10.1 Å². The Morgan fingerprint density at radius 3 is 2.52 bits per heavy atom. The van der Waals surface area contributed by atoms with E-state index in [0.717, 1.165) is 41.0 Å². The van der Waals surface area contributed by atoms with Gasteiger partial charge in [-0.05, 0) is 53.6 Å². The van der Waals surface area contributed by atoms with E-state index in [4.69, 9.17) is 4.74 Å². The van der Waals surface area contributed by atoms with Crippen molar-refractivity contribution >= 4 is 0 Å². The van der Waals surface area contributed by atoms with Crippen LogP contribution in [0.4, 0.5) is 4.39 Å². The van der Waals surface area contributed by atoms with Crippen LogP contribution in [-0.2, 0) is 6.42 Å². The maximum Gasteiger partial charge on any atom is 0.131 e. The lowest BCUT2D eigenvalue weighted by atomic mass is 9.94. The van der Waals surface area contributed by atoms with Gasteiger partial charge in [0.1, 0.15) is 17.7 Å². The summed E-state index contributed by atoms with van der Waals surface area (Å²) >= 11 is 0. The third-order valence-electron chi connectivity index (χ3n) is 4.57. The summed E-state index contributed by atoms with van der Waals surface area (Å²) in [5, 5.41) is 3.17. The summed E-state index contributed by atoms with van der Waals surface area (Å²) in [5.74, 6) is 0.645. The van der Waals surface area contributed by atoms with Crippen LogP contribution in [0.1, 0.15) is 5.56 Å². The number of hydrogen-bond acceptors (Lipinski definition) is 2. The molecule has 0 fully saturated rings. The molecule has 1 unspecified atom stereocenters. The van der Waals surface area contributed by atoms with E-state index < -0.39 is 0 Å². The van der Waals surface area contributed by atoms with E-state index in [9.17, 15) is 4.39 Å². The van der Waals surface area contributed by atoms with E-state index >= 15 is 0 Å². The third kappa shape index (κ3) is 3.15. The molecule has 0 spiro atoms. The van der Waals surface area contributed by atoms with E-state index in [1.54, 1.807) is 12.1 Å². The summed E-state index contributed by atoms with van der Waals surface area (Å²) < 4.78 is 20.0. The van der Waals surface area contributed by atoms with Gasteiger partial charge in [0.2, 0.25) is 0 Å². The van der Waals surface area contributed by atoms with Crippen molar-refractivity contribution in [1.29, 1.82) is 0 Å². The minimum absolute atomic E-state index is 0.110. The van der Waals surface area contributed by atoms with Gasteiger partial charge in [-0.1, -0.05) is 42.5 Å². The van der Waals surface area contributed by atoms with Gasteiger partial charge in [-0.3, -0.25) is 0 Å². The molecule has 1 atom stereocenters. The molecule has 0 radical (unpaired) electrons. The SMILES string of the molecule is CNCC1Cc2cc(-c3ccccc3)cc(-c3cccc(F)c3)c2O1. The Labute approximate surface area is 147 Å². The normalized spacial score (nSPS) is 15.7. The first-order valence-electron chi connectivity index (χ1n) is 8.54. The van der Waals surface area contributed by atoms with Gasteiger partial charge < -0.3 is 10.1 Å². The Kier molecular flexibility index (Phi) is 4.24. The molecule has 25 heavy (non-hydrogen) atoms. The topological polar surface area (TPSA) is 21.3 Å². The lowest BCUT2D eigenvalue weighted by Gasteiger charge is -2.14. The van der Waals surface area contributed by atoms with Crippen molar-refractivity contribution in [3.05, 3.63) is 78.1 Å². The van der Waals surface area contributed by atoms with Crippen molar-refractivity contribution in [3.63, 3.8) is 0 Å². The fourth-order valence-electron chi connectivity index (χ4n) is 3.44. The first-order valence-corrected chi connectivity index (χ1v) is 8.54. The number of benzene rings is 3. The smallest absolute Gasteiger partial charge is 0.131 e. The van der Waals surface area contributed by atoms with E-state index in [1.807, 2.05) is 31.3 Å². The zero-order valence-electron chi connectivity index (χ0n) is 14.1. The van der Waals surface area contributed by atoms with Crippen LogP contribution in [-0.4, -0.2) is 19.7 Å². The summed E-state index contributed by atoms with van der Waals surface area (Å²) in [6.45, 7) is 0.790. The van der Waals surface area contributed by atoms with Crippen molar-refractivity contribution in [2.24, 2.45) is 0 Å². The van der Waals surface area contributed by atoms with Crippen molar-refractivity contribution in [2.75, 3.05) is 13.6 Å². The summed E-state index contributed by atoms with van der Waals surface area (Å²) in [6.07, 6.45) is 0.970. The predicted octanol–water partition coefficient (Wildman–Crippen LogP) is 4.68. The van der Waals surface area contributed by atoms with Gasteiger partial charge in [0.15, 0.2) is 0 Å². The molecule has 126 valence electrons. The van der Waals surface area contributed by atoms with E-state index in [-0.39, 0.29) is 11.9 Å². The minimum atomic E-state index is -0.235. The lowest BCUT2D eigenvalue weighted by Crippen LogP contribution is -2.27. The molecule has 3 heteroatoms. The third-order valence-corrected chi connectivity index (χ3v) is 4.57. The Balaban J connectivity index is 1.86. The van der Waals surface area contributed by atoms with E-state index in [1.165, 1.54) is 11.6 Å². The van der Waals surface area contributed by atoms with Crippen LogP contribution >= 0.6 is 0 Å². The quantitative estimate of drug-likeness (QED) is 0.748. The van der Waals surface area contributed by atoms with Crippen molar-refractivity contribution in [3.8, 4) is 28.0 Å². The van der Waals surface area contributed by atoms with Crippen LogP contribution in [0.15, 0.2) is 66.7 Å².